The van der Waals surface area contributed by atoms with Gasteiger partial charge in [-0.2, -0.15) is 0 Å². The van der Waals surface area contributed by atoms with Crippen LogP contribution in [0.25, 0.3) is 0 Å². The minimum atomic E-state index is -3.47. The van der Waals surface area contributed by atoms with Gasteiger partial charge >= 0.3 is 35.6 Å². The van der Waals surface area contributed by atoms with Gasteiger partial charge in [0.1, 0.15) is 11.4 Å². The van der Waals surface area contributed by atoms with E-state index in [2.05, 4.69) is 39.9 Å². The summed E-state index contributed by atoms with van der Waals surface area (Å²) in [6.07, 6.45) is -7.83. The molecule has 0 saturated heterocycles. The van der Waals surface area contributed by atoms with Gasteiger partial charge in [0, 0.05) is 13.8 Å². The number of methoxy groups -OCH3 is 1. The van der Waals surface area contributed by atoms with Gasteiger partial charge in [0.2, 0.25) is 0 Å². The maximum atomic E-state index is 12.3. The molecular formula is C13H17BrO13. The monoisotopic (exact) mass is 460 g/mol. The summed E-state index contributed by atoms with van der Waals surface area (Å²) in [5, 5.41) is 29.3. The fraction of sp³-hybridized carbons (Fsp3) is 0.615. The van der Waals surface area contributed by atoms with Crippen molar-refractivity contribution in [3.63, 3.8) is 0 Å². The van der Waals surface area contributed by atoms with Gasteiger partial charge in [-0.05, 0) is 0 Å². The number of esters is 4. The molecule has 0 radical (unpaired) electrons. The molecule has 0 bridgehead atoms. The minimum Gasteiger partial charge on any atom is -0.467 e. The van der Waals surface area contributed by atoms with Gasteiger partial charge in [-0.25, -0.2) is 14.4 Å². The van der Waals surface area contributed by atoms with Crippen LogP contribution in [0, 0.1) is 0 Å². The fourth-order valence-electron chi connectivity index (χ4n) is 1.52. The van der Waals surface area contributed by atoms with E-state index in [1.54, 1.807) is 0 Å². The molecule has 27 heavy (non-hydrogen) atoms. The summed E-state index contributed by atoms with van der Waals surface area (Å²) in [6, 6.07) is 0. The number of aliphatic hydroxyl groups excluding tert-OH is 3. The Morgan fingerprint density at radius 1 is 1.04 bits per heavy atom. The van der Waals surface area contributed by atoms with Gasteiger partial charge in [0.25, 0.3) is 0 Å². The summed E-state index contributed by atoms with van der Waals surface area (Å²) in [7, 11) is 0.836. The average molecular weight is 461 g/mol. The summed E-state index contributed by atoms with van der Waals surface area (Å²) >= 11 is 2.67. The van der Waals surface area contributed by atoms with Crippen LogP contribution >= 0.6 is 15.9 Å². The first kappa shape index (κ1) is 24.9. The quantitative estimate of drug-likeness (QED) is 0.0619. The first-order valence-corrected chi connectivity index (χ1v) is 8.04. The third-order valence-corrected chi connectivity index (χ3v) is 3.12. The number of carbonyl (C=O) groups is 5. The topological polar surface area (TPSA) is 192 Å². The van der Waals surface area contributed by atoms with Crippen LogP contribution in [-0.2, 0) is 48.0 Å². The summed E-state index contributed by atoms with van der Waals surface area (Å²) in [6.45, 7) is 1.51. The SMILES string of the molecule is COC(=O)[C@@H](O)[C@@H](O)[C@H](O)[C@](OOC(C)=O)(OC(C)=O)C(=O)OC(=O)CBr. The fourth-order valence-corrected chi connectivity index (χ4v) is 1.63. The smallest absolute Gasteiger partial charge is 0.394 e. The highest BCUT2D eigenvalue weighted by Gasteiger charge is 2.59. The second-order valence-corrected chi connectivity index (χ2v) is 5.28. The number of alkyl halides is 1. The van der Waals surface area contributed by atoms with E-state index in [1.807, 2.05) is 0 Å². The minimum absolute atomic E-state index is 0.522. The molecule has 0 aromatic rings. The molecule has 4 atom stereocenters. The Kier molecular flexibility index (Phi) is 10.0. The van der Waals surface area contributed by atoms with Crippen molar-refractivity contribution in [2.75, 3.05) is 12.4 Å². The highest BCUT2D eigenvalue weighted by Crippen LogP contribution is 2.26. The molecular weight excluding hydrogens is 444 g/mol. The molecule has 0 heterocycles. The molecule has 154 valence electrons. The van der Waals surface area contributed by atoms with Crippen molar-refractivity contribution in [2.24, 2.45) is 0 Å². The number of aliphatic hydroxyl groups is 3. The molecule has 0 aliphatic heterocycles. The number of carbonyl (C=O) groups excluding carboxylic acids is 5. The summed E-state index contributed by atoms with van der Waals surface area (Å²) in [5.41, 5.74) is 0. The average Bonchev–Trinajstić information content (AvgIpc) is 2.61. The predicted octanol–water partition coefficient (Wildman–Crippen LogP) is -2.54. The first-order chi connectivity index (χ1) is 12.4. The van der Waals surface area contributed by atoms with Crippen molar-refractivity contribution in [3.05, 3.63) is 0 Å². The molecule has 0 aromatic carbocycles. The van der Waals surface area contributed by atoms with E-state index in [9.17, 15) is 39.3 Å². The Hall–Kier alpha value is -2.13. The predicted molar refractivity (Wildman–Crippen MR) is 82.3 cm³/mol. The molecule has 0 aliphatic carbocycles. The summed E-state index contributed by atoms with van der Waals surface area (Å²) in [5.74, 6) is -10.6. The van der Waals surface area contributed by atoms with Crippen LogP contribution in [-0.4, -0.2) is 81.7 Å². The Morgan fingerprint density at radius 3 is 2.00 bits per heavy atom. The van der Waals surface area contributed by atoms with E-state index in [0.29, 0.717) is 0 Å². The third kappa shape index (κ3) is 6.84. The van der Waals surface area contributed by atoms with Crippen LogP contribution in [0.5, 0.6) is 0 Å². The third-order valence-electron chi connectivity index (χ3n) is 2.66. The summed E-state index contributed by atoms with van der Waals surface area (Å²) < 4.78 is 12.9. The van der Waals surface area contributed by atoms with E-state index in [0.717, 1.165) is 21.0 Å². The van der Waals surface area contributed by atoms with E-state index >= 15 is 0 Å². The lowest BCUT2D eigenvalue weighted by Crippen LogP contribution is -2.63. The Labute approximate surface area is 160 Å². The highest BCUT2D eigenvalue weighted by atomic mass is 79.9. The van der Waals surface area contributed by atoms with Gasteiger partial charge in [-0.15, -0.1) is 4.89 Å². The van der Waals surface area contributed by atoms with Gasteiger partial charge in [0.05, 0.1) is 7.11 Å². The zero-order valence-electron chi connectivity index (χ0n) is 14.2. The van der Waals surface area contributed by atoms with Crippen molar-refractivity contribution < 1.29 is 63.3 Å². The Morgan fingerprint density at radius 2 is 1.59 bits per heavy atom. The Bertz CT molecular complexity index is 591. The molecule has 0 saturated carbocycles. The van der Waals surface area contributed by atoms with Crippen LogP contribution in [0.4, 0.5) is 0 Å². The van der Waals surface area contributed by atoms with E-state index in [-0.39, 0.29) is 0 Å². The first-order valence-electron chi connectivity index (χ1n) is 6.91. The van der Waals surface area contributed by atoms with Crippen LogP contribution < -0.4 is 0 Å². The van der Waals surface area contributed by atoms with E-state index in [1.165, 1.54) is 0 Å². The van der Waals surface area contributed by atoms with Crippen molar-refractivity contribution in [3.8, 4) is 0 Å². The lowest BCUT2D eigenvalue weighted by atomic mass is 9.99. The van der Waals surface area contributed by atoms with E-state index in [4.69, 9.17) is 0 Å². The van der Waals surface area contributed by atoms with Gasteiger partial charge in [0.15, 0.2) is 12.2 Å². The lowest BCUT2D eigenvalue weighted by Gasteiger charge is -2.34. The zero-order valence-corrected chi connectivity index (χ0v) is 15.8. The number of hydrogen-bond donors (Lipinski definition) is 3. The number of rotatable bonds is 9. The second-order valence-electron chi connectivity index (χ2n) is 4.72. The summed E-state index contributed by atoms with van der Waals surface area (Å²) in [4.78, 5) is 65.6. The van der Waals surface area contributed by atoms with Crippen molar-refractivity contribution in [1.29, 1.82) is 0 Å². The standard InChI is InChI=1S/C13H17BrO13/c1-5(15)25-13(27-26-6(2)16,12(22)24-7(17)4-14)10(20)8(18)9(19)11(21)23-3/h8-10,18-20H,4H2,1-3H3/t8-,9+,10+,13-/m1/s1. The van der Waals surface area contributed by atoms with Gasteiger partial charge < -0.3 is 29.5 Å². The molecule has 0 fully saturated rings. The van der Waals surface area contributed by atoms with Crippen LogP contribution in [0.15, 0.2) is 0 Å². The maximum absolute atomic E-state index is 12.3. The van der Waals surface area contributed by atoms with Gasteiger partial charge in [-0.3, -0.25) is 14.5 Å². The molecule has 0 amide bonds. The van der Waals surface area contributed by atoms with Crippen LogP contribution in [0.2, 0.25) is 0 Å². The molecule has 3 N–H and O–H groups in total. The highest BCUT2D eigenvalue weighted by molar-refractivity contribution is 9.09. The number of halogens is 1. The second kappa shape index (κ2) is 10.9. The largest absolute Gasteiger partial charge is 0.467 e. The number of hydrogen-bond acceptors (Lipinski definition) is 13. The molecule has 0 spiro atoms. The van der Waals surface area contributed by atoms with Crippen molar-refractivity contribution in [1.82, 2.24) is 0 Å². The van der Waals surface area contributed by atoms with Crippen molar-refractivity contribution in [2.45, 2.75) is 37.9 Å². The molecule has 0 aromatic heterocycles. The normalized spacial score (nSPS) is 16.1. The molecule has 0 unspecified atom stereocenters. The number of ether oxygens (including phenoxy) is 3. The molecule has 13 nitrogen and oxygen atoms in total. The van der Waals surface area contributed by atoms with E-state index < -0.39 is 59.3 Å². The van der Waals surface area contributed by atoms with Crippen LogP contribution in [0.3, 0.4) is 0 Å². The molecule has 14 heteroatoms. The lowest BCUT2D eigenvalue weighted by molar-refractivity contribution is -0.406. The van der Waals surface area contributed by atoms with Gasteiger partial charge in [-0.1, -0.05) is 15.9 Å². The Balaban J connectivity index is 6.09. The maximum Gasteiger partial charge on any atom is 0.394 e. The van der Waals surface area contributed by atoms with Crippen molar-refractivity contribution >= 4 is 45.8 Å². The molecule has 0 aliphatic rings. The zero-order chi connectivity index (χ0) is 21.4. The van der Waals surface area contributed by atoms with Crippen LogP contribution in [0.1, 0.15) is 13.8 Å². The molecule has 0 rings (SSSR count).